The van der Waals surface area contributed by atoms with Crippen LogP contribution in [0.15, 0.2) is 65.1 Å². The van der Waals surface area contributed by atoms with Crippen molar-refractivity contribution >= 4 is 27.4 Å². The van der Waals surface area contributed by atoms with Gasteiger partial charge in [0.05, 0.1) is 23.5 Å². The molecule has 2 atom stereocenters. The van der Waals surface area contributed by atoms with Crippen molar-refractivity contribution in [2.75, 3.05) is 18.8 Å². The van der Waals surface area contributed by atoms with Crippen LogP contribution in [0.2, 0.25) is 0 Å². The normalized spacial score (nSPS) is 15.1. The van der Waals surface area contributed by atoms with Gasteiger partial charge in [-0.15, -0.1) is 10.2 Å². The minimum absolute atomic E-state index is 0.168. The van der Waals surface area contributed by atoms with Gasteiger partial charge in [-0.1, -0.05) is 55.5 Å². The summed E-state index contributed by atoms with van der Waals surface area (Å²) >= 11 is 0. The highest BCUT2D eigenvalue weighted by molar-refractivity contribution is 7.90. The van der Waals surface area contributed by atoms with Gasteiger partial charge in [0.2, 0.25) is 23.5 Å². The minimum Gasteiger partial charge on any atom is -0.414 e. The third-order valence-corrected chi connectivity index (χ3v) is 8.32. The summed E-state index contributed by atoms with van der Waals surface area (Å²) < 4.78 is 31.7. The molecule has 0 saturated carbocycles. The van der Waals surface area contributed by atoms with Crippen molar-refractivity contribution in [3.05, 3.63) is 72.1 Å². The fourth-order valence-corrected chi connectivity index (χ4v) is 6.24. The van der Waals surface area contributed by atoms with Crippen molar-refractivity contribution in [3.63, 3.8) is 0 Å². The summed E-state index contributed by atoms with van der Waals surface area (Å²) in [6.07, 6.45) is 1.69. The predicted molar refractivity (Wildman–Crippen MR) is 144 cm³/mol. The van der Waals surface area contributed by atoms with E-state index in [0.29, 0.717) is 24.2 Å². The summed E-state index contributed by atoms with van der Waals surface area (Å²) in [5.74, 6) is -3.56. The number of hydrogen-bond donors (Lipinski definition) is 1. The summed E-state index contributed by atoms with van der Waals surface area (Å²) in [5.41, 5.74) is 1.24. The number of aromatic nitrogens is 2. The number of Topliss-reactive ketones (excluding diaryl/α,β-unsaturated/α-hetero) is 1. The topological polar surface area (TPSA) is 140 Å². The molecule has 10 nitrogen and oxygen atoms in total. The maximum Gasteiger partial charge on any atom is 0.286 e. The molecular weight excluding hydrogens is 520 g/mol. The molecule has 39 heavy (non-hydrogen) atoms. The zero-order chi connectivity index (χ0) is 27.8. The number of sulfone groups is 1. The number of hydrogen-bond acceptors (Lipinski definition) is 8. The fourth-order valence-electron chi connectivity index (χ4n) is 4.54. The van der Waals surface area contributed by atoms with Crippen molar-refractivity contribution < 1.29 is 27.2 Å². The first-order valence-electron chi connectivity index (χ1n) is 13.0. The Labute approximate surface area is 227 Å². The maximum atomic E-state index is 13.4. The largest absolute Gasteiger partial charge is 0.414 e. The van der Waals surface area contributed by atoms with Crippen LogP contribution in [0.3, 0.4) is 0 Å². The number of carbonyl (C=O) groups is 3. The Morgan fingerprint density at radius 3 is 2.26 bits per heavy atom. The summed E-state index contributed by atoms with van der Waals surface area (Å²) in [6.45, 7) is 2.87. The summed E-state index contributed by atoms with van der Waals surface area (Å²) in [7, 11) is -3.75. The zero-order valence-corrected chi connectivity index (χ0v) is 22.6. The first-order chi connectivity index (χ1) is 18.8. The molecule has 1 aromatic heterocycles. The zero-order valence-electron chi connectivity index (χ0n) is 21.8. The number of nitrogens with one attached hydrogen (secondary N) is 1. The Balaban J connectivity index is 1.49. The smallest absolute Gasteiger partial charge is 0.286 e. The quantitative estimate of drug-likeness (QED) is 0.338. The standard InChI is InChI=1S/C28H32N4O6S/c1-2-23(25(34)28-31-30-27(38-28)21-13-7-4-8-14-21)29-26(35)22(17-24(33)32-15-9-10-16-32)19-39(36,37)18-20-11-5-3-6-12-20/h3-8,11-14,22-23H,2,9-10,15-19H2,1H3,(H,29,35). The van der Waals surface area contributed by atoms with E-state index in [2.05, 4.69) is 15.5 Å². The van der Waals surface area contributed by atoms with Crippen LogP contribution in [0.1, 0.15) is 48.9 Å². The van der Waals surface area contributed by atoms with E-state index >= 15 is 0 Å². The average Bonchev–Trinajstić information content (AvgIpc) is 3.65. The third-order valence-electron chi connectivity index (χ3n) is 6.63. The molecule has 1 fully saturated rings. The number of likely N-dealkylation sites (tertiary alicyclic amines) is 1. The Kier molecular flexibility index (Phi) is 9.23. The van der Waals surface area contributed by atoms with E-state index in [1.807, 2.05) is 6.07 Å². The van der Waals surface area contributed by atoms with Crippen LogP contribution in [-0.4, -0.2) is 66.0 Å². The molecule has 2 amide bonds. The van der Waals surface area contributed by atoms with Gasteiger partial charge < -0.3 is 14.6 Å². The highest BCUT2D eigenvalue weighted by atomic mass is 32.2. The lowest BCUT2D eigenvalue weighted by molar-refractivity contribution is -0.135. The second-order valence-electron chi connectivity index (χ2n) is 9.64. The van der Waals surface area contributed by atoms with Gasteiger partial charge in [-0.3, -0.25) is 14.4 Å². The molecule has 3 aromatic rings. The molecule has 2 unspecified atom stereocenters. The van der Waals surface area contributed by atoms with Crippen LogP contribution in [0.5, 0.6) is 0 Å². The molecule has 206 valence electrons. The second kappa shape index (κ2) is 12.8. The number of nitrogens with zero attached hydrogens (tertiary/aromatic N) is 3. The minimum atomic E-state index is -3.75. The van der Waals surface area contributed by atoms with Crippen LogP contribution in [0, 0.1) is 5.92 Å². The van der Waals surface area contributed by atoms with E-state index in [1.54, 1.807) is 66.4 Å². The van der Waals surface area contributed by atoms with E-state index in [1.165, 1.54) is 0 Å². The molecule has 1 N–H and O–H groups in total. The van der Waals surface area contributed by atoms with Gasteiger partial charge in [-0.2, -0.15) is 0 Å². The number of carbonyl (C=O) groups excluding carboxylic acids is 3. The molecule has 11 heteroatoms. The van der Waals surface area contributed by atoms with Gasteiger partial charge in [0, 0.05) is 25.1 Å². The van der Waals surface area contributed by atoms with Crippen molar-refractivity contribution in [3.8, 4) is 11.5 Å². The molecule has 2 heterocycles. The van der Waals surface area contributed by atoms with E-state index in [4.69, 9.17) is 4.42 Å². The van der Waals surface area contributed by atoms with Crippen LogP contribution >= 0.6 is 0 Å². The molecule has 0 bridgehead atoms. The summed E-state index contributed by atoms with van der Waals surface area (Å²) in [6, 6.07) is 16.6. The molecule has 0 radical (unpaired) electrons. The van der Waals surface area contributed by atoms with Crippen molar-refractivity contribution in [1.29, 1.82) is 0 Å². The molecule has 4 rings (SSSR count). The lowest BCUT2D eigenvalue weighted by atomic mass is 10.0. The number of amides is 2. The van der Waals surface area contributed by atoms with Crippen LogP contribution in [0.4, 0.5) is 0 Å². The van der Waals surface area contributed by atoms with E-state index in [-0.39, 0.29) is 36.3 Å². The van der Waals surface area contributed by atoms with E-state index in [9.17, 15) is 22.8 Å². The van der Waals surface area contributed by atoms with Crippen LogP contribution in [0.25, 0.3) is 11.5 Å². The van der Waals surface area contributed by atoms with Crippen molar-refractivity contribution in [1.82, 2.24) is 20.4 Å². The van der Waals surface area contributed by atoms with Crippen LogP contribution in [-0.2, 0) is 25.2 Å². The monoisotopic (exact) mass is 552 g/mol. The second-order valence-corrected chi connectivity index (χ2v) is 11.8. The first-order valence-corrected chi connectivity index (χ1v) is 14.8. The Morgan fingerprint density at radius 2 is 1.62 bits per heavy atom. The number of rotatable bonds is 12. The highest BCUT2D eigenvalue weighted by Gasteiger charge is 2.33. The molecular formula is C28H32N4O6S. The molecule has 1 aliphatic rings. The van der Waals surface area contributed by atoms with E-state index in [0.717, 1.165) is 12.8 Å². The van der Waals surface area contributed by atoms with Gasteiger partial charge in [-0.25, -0.2) is 8.42 Å². The van der Waals surface area contributed by atoms with Gasteiger partial charge in [0.1, 0.15) is 0 Å². The fraction of sp³-hybridized carbons (Fsp3) is 0.393. The molecule has 1 saturated heterocycles. The average molecular weight is 553 g/mol. The Morgan fingerprint density at radius 1 is 0.974 bits per heavy atom. The molecule has 2 aromatic carbocycles. The number of ketones is 1. The highest BCUT2D eigenvalue weighted by Crippen LogP contribution is 2.20. The maximum absolute atomic E-state index is 13.4. The SMILES string of the molecule is CCC(NC(=O)C(CC(=O)N1CCCC1)CS(=O)(=O)Cc1ccccc1)C(=O)c1nnc(-c2ccccc2)o1. The van der Waals surface area contributed by atoms with Crippen LogP contribution < -0.4 is 5.32 Å². The summed E-state index contributed by atoms with van der Waals surface area (Å²) in [5, 5.41) is 10.4. The van der Waals surface area contributed by atoms with Gasteiger partial charge in [0.15, 0.2) is 9.84 Å². The third kappa shape index (κ3) is 7.60. The lowest BCUT2D eigenvalue weighted by Gasteiger charge is -2.23. The lowest BCUT2D eigenvalue weighted by Crippen LogP contribution is -2.46. The molecule has 1 aliphatic heterocycles. The Bertz CT molecular complexity index is 1390. The van der Waals surface area contributed by atoms with Gasteiger partial charge in [-0.05, 0) is 37.0 Å². The first kappa shape index (κ1) is 28.2. The van der Waals surface area contributed by atoms with Crippen molar-refractivity contribution in [2.24, 2.45) is 5.92 Å². The van der Waals surface area contributed by atoms with Crippen molar-refractivity contribution in [2.45, 2.75) is 44.4 Å². The molecule has 0 aliphatic carbocycles. The van der Waals surface area contributed by atoms with E-state index < -0.39 is 39.2 Å². The van der Waals surface area contributed by atoms with Gasteiger partial charge >= 0.3 is 0 Å². The summed E-state index contributed by atoms with van der Waals surface area (Å²) in [4.78, 5) is 41.1. The Hall–Kier alpha value is -3.86. The van der Waals surface area contributed by atoms with Gasteiger partial charge in [0.25, 0.3) is 5.89 Å². The predicted octanol–water partition coefficient (Wildman–Crippen LogP) is 3.06. The molecule has 0 spiro atoms. The number of benzene rings is 2.